The fraction of sp³-hybridized carbons (Fsp3) is 0.979. The zero-order valence-corrected chi connectivity index (χ0v) is 38.0. The van der Waals surface area contributed by atoms with Gasteiger partial charge in [-0.2, -0.15) is 0 Å². The SMILES string of the molecule is CC(C)C1CC2CCCOC2C1.CC(C)C1CCC(C)(C)OC1.CC(C)C1C[C@@H]2OC(C)(C)O[C@@H]2C1.CC(C)CC1CNC(=O)O1.CC1CC(C(C)C)C1. The van der Waals surface area contributed by atoms with Gasteiger partial charge in [-0.25, -0.2) is 4.79 Å². The van der Waals surface area contributed by atoms with Gasteiger partial charge in [0.15, 0.2) is 5.79 Å². The summed E-state index contributed by atoms with van der Waals surface area (Å²) >= 11 is 0. The molecule has 6 unspecified atom stereocenters. The molecule has 0 spiro atoms. The van der Waals surface area contributed by atoms with Crippen LogP contribution >= 0.6 is 0 Å². The van der Waals surface area contributed by atoms with Crippen molar-refractivity contribution >= 4 is 6.09 Å². The van der Waals surface area contributed by atoms with Gasteiger partial charge in [-0.05, 0) is 163 Å². The molecule has 7 nitrogen and oxygen atoms in total. The molecule has 7 rings (SSSR count). The van der Waals surface area contributed by atoms with E-state index in [9.17, 15) is 4.79 Å². The molecular formula is C47H89NO6. The van der Waals surface area contributed by atoms with Gasteiger partial charge in [0.2, 0.25) is 0 Å². The second-order valence-electron chi connectivity index (χ2n) is 21.2. The first-order chi connectivity index (χ1) is 25.1. The van der Waals surface area contributed by atoms with Gasteiger partial charge in [0.05, 0.1) is 37.1 Å². The second-order valence-corrected chi connectivity index (χ2v) is 21.2. The molecule has 318 valence electrons. The first-order valence-electron chi connectivity index (χ1n) is 22.7. The summed E-state index contributed by atoms with van der Waals surface area (Å²) in [6.07, 6.45) is 15.5. The zero-order valence-electron chi connectivity index (χ0n) is 38.0. The van der Waals surface area contributed by atoms with E-state index >= 15 is 0 Å². The van der Waals surface area contributed by atoms with Gasteiger partial charge in [0.1, 0.15) is 6.10 Å². The van der Waals surface area contributed by atoms with Crippen LogP contribution in [0, 0.1) is 65.1 Å². The third-order valence-corrected chi connectivity index (χ3v) is 13.5. The quantitative estimate of drug-likeness (QED) is 0.290. The van der Waals surface area contributed by atoms with E-state index in [2.05, 4.69) is 95.3 Å². The maximum absolute atomic E-state index is 10.5. The highest BCUT2D eigenvalue weighted by Crippen LogP contribution is 2.44. The first-order valence-corrected chi connectivity index (χ1v) is 22.7. The van der Waals surface area contributed by atoms with Gasteiger partial charge in [0, 0.05) is 6.61 Å². The van der Waals surface area contributed by atoms with Gasteiger partial charge in [-0.15, -0.1) is 0 Å². The van der Waals surface area contributed by atoms with Crippen LogP contribution in [0.4, 0.5) is 4.79 Å². The Morgan fingerprint density at radius 3 is 1.61 bits per heavy atom. The summed E-state index contributed by atoms with van der Waals surface area (Å²) < 4.78 is 28.1. The summed E-state index contributed by atoms with van der Waals surface area (Å²) in [5.41, 5.74) is 0.144. The molecule has 7 heteroatoms. The molecule has 4 aliphatic heterocycles. The van der Waals surface area contributed by atoms with Gasteiger partial charge in [-0.1, -0.05) is 76.2 Å². The van der Waals surface area contributed by atoms with E-state index in [-0.39, 0.29) is 23.6 Å². The molecule has 0 bridgehead atoms. The van der Waals surface area contributed by atoms with Crippen molar-refractivity contribution in [2.75, 3.05) is 19.8 Å². The number of cyclic esters (lactones) is 1. The highest BCUT2D eigenvalue weighted by atomic mass is 16.8. The van der Waals surface area contributed by atoms with Crippen LogP contribution in [-0.2, 0) is 23.7 Å². The number of hydrogen-bond donors (Lipinski definition) is 1. The van der Waals surface area contributed by atoms with Gasteiger partial charge in [0.25, 0.3) is 0 Å². The highest BCUT2D eigenvalue weighted by Gasteiger charge is 2.47. The summed E-state index contributed by atoms with van der Waals surface area (Å²) in [6.45, 7) is 36.1. The van der Waals surface area contributed by atoms with E-state index in [4.69, 9.17) is 23.7 Å². The summed E-state index contributed by atoms with van der Waals surface area (Å²) in [5, 5.41) is 2.61. The molecule has 54 heavy (non-hydrogen) atoms. The van der Waals surface area contributed by atoms with Gasteiger partial charge >= 0.3 is 6.09 Å². The standard InChI is InChI=1S/C11H20O2.C11H20O.C10H20O.C8H16.C7H13NO2/c1-7(2)8-5-9-10(6-8)13-11(3,4)12-9;1-8(2)10-6-9-4-3-5-12-11(9)7-10;1-8(2)9-5-6-10(3,4)11-7-9;1-6(2)8-4-7(3)5-8;1-5(2)3-6-4-8-7(9)10-6/h7-10H,5-6H2,1-4H3;8-11H,3-7H2,1-2H3;8-9H,5-7H2,1-4H3;6-8H,4-5H2,1-3H3;5-6H,3-4H2,1-2H3,(H,8,9)/t8?,9-,10+;;;;. The number of carbonyl (C=O) groups excluding carboxylic acids is 1. The minimum atomic E-state index is -0.336. The Morgan fingerprint density at radius 1 is 0.685 bits per heavy atom. The fourth-order valence-corrected chi connectivity index (χ4v) is 9.45. The van der Waals surface area contributed by atoms with Crippen LogP contribution in [0.5, 0.6) is 0 Å². The van der Waals surface area contributed by atoms with Crippen LogP contribution in [0.1, 0.15) is 174 Å². The minimum absolute atomic E-state index is 0.104. The van der Waals surface area contributed by atoms with Gasteiger partial charge in [-0.3, -0.25) is 0 Å². The number of carbonyl (C=O) groups is 1. The molecule has 0 aromatic carbocycles. The summed E-state index contributed by atoms with van der Waals surface area (Å²) in [4.78, 5) is 10.5. The fourth-order valence-electron chi connectivity index (χ4n) is 9.45. The molecule has 7 fully saturated rings. The first kappa shape index (κ1) is 47.5. The topological polar surface area (TPSA) is 75.3 Å². The normalized spacial score (nSPS) is 36.0. The van der Waals surface area contributed by atoms with Crippen LogP contribution in [0.25, 0.3) is 0 Å². The Balaban J connectivity index is 0.000000183. The molecule has 4 heterocycles. The minimum Gasteiger partial charge on any atom is -0.444 e. The van der Waals surface area contributed by atoms with Crippen molar-refractivity contribution in [3.63, 3.8) is 0 Å². The van der Waals surface area contributed by atoms with E-state index in [0.717, 1.165) is 78.8 Å². The second kappa shape index (κ2) is 21.8. The lowest BCUT2D eigenvalue weighted by Gasteiger charge is -2.36. The van der Waals surface area contributed by atoms with Crippen molar-refractivity contribution in [3.8, 4) is 0 Å². The Labute approximate surface area is 334 Å². The monoisotopic (exact) mass is 764 g/mol. The lowest BCUT2D eigenvalue weighted by molar-refractivity contribution is -0.154. The summed E-state index contributed by atoms with van der Waals surface area (Å²) in [6, 6.07) is 0. The summed E-state index contributed by atoms with van der Waals surface area (Å²) in [7, 11) is 0. The molecule has 3 aliphatic carbocycles. The molecule has 0 radical (unpaired) electrons. The van der Waals surface area contributed by atoms with E-state index in [0.29, 0.717) is 30.8 Å². The molecule has 7 aliphatic rings. The number of ether oxygens (including phenoxy) is 5. The average Bonchev–Trinajstić information content (AvgIpc) is 3.82. The Kier molecular flexibility index (Phi) is 19.1. The predicted molar refractivity (Wildman–Crippen MR) is 223 cm³/mol. The molecule has 4 saturated heterocycles. The number of nitrogens with one attached hydrogen (secondary N) is 1. The third-order valence-electron chi connectivity index (χ3n) is 13.5. The third kappa shape index (κ3) is 16.2. The number of fused-ring (bicyclic) bond motifs is 2. The van der Waals surface area contributed by atoms with Crippen LogP contribution in [0.2, 0.25) is 0 Å². The maximum atomic E-state index is 10.5. The molecule has 1 amide bonds. The largest absolute Gasteiger partial charge is 0.444 e. The van der Waals surface area contributed by atoms with Gasteiger partial charge < -0.3 is 29.0 Å². The molecule has 0 aromatic rings. The lowest BCUT2D eigenvalue weighted by atomic mass is 9.71. The average molecular weight is 764 g/mol. The van der Waals surface area contributed by atoms with E-state index in [1.54, 1.807) is 0 Å². The van der Waals surface area contributed by atoms with E-state index in [1.165, 1.54) is 64.2 Å². The highest BCUT2D eigenvalue weighted by molar-refractivity contribution is 5.69. The molecule has 3 saturated carbocycles. The molecule has 0 aromatic heterocycles. The van der Waals surface area contributed by atoms with Crippen molar-refractivity contribution in [3.05, 3.63) is 0 Å². The maximum Gasteiger partial charge on any atom is 0.407 e. The van der Waals surface area contributed by atoms with E-state index in [1.807, 2.05) is 13.8 Å². The van der Waals surface area contributed by atoms with Crippen LogP contribution in [0.3, 0.4) is 0 Å². The lowest BCUT2D eigenvalue weighted by Crippen LogP contribution is -2.35. The number of hydrogen-bond acceptors (Lipinski definition) is 6. The van der Waals surface area contributed by atoms with E-state index < -0.39 is 0 Å². The smallest absolute Gasteiger partial charge is 0.407 e. The Morgan fingerprint density at radius 2 is 1.20 bits per heavy atom. The van der Waals surface area contributed by atoms with Crippen molar-refractivity contribution in [1.82, 2.24) is 5.32 Å². The Bertz CT molecular complexity index is 1020. The van der Waals surface area contributed by atoms with Crippen molar-refractivity contribution in [2.24, 2.45) is 65.1 Å². The van der Waals surface area contributed by atoms with Crippen LogP contribution < -0.4 is 5.32 Å². The molecular weight excluding hydrogens is 675 g/mol. The number of rotatable bonds is 6. The molecule has 8 atom stereocenters. The van der Waals surface area contributed by atoms with Crippen LogP contribution in [0.15, 0.2) is 0 Å². The Hall–Kier alpha value is -0.890. The van der Waals surface area contributed by atoms with Crippen molar-refractivity contribution in [1.29, 1.82) is 0 Å². The number of amides is 1. The zero-order chi connectivity index (χ0) is 40.4. The predicted octanol–water partition coefficient (Wildman–Crippen LogP) is 12.1. The van der Waals surface area contributed by atoms with Crippen molar-refractivity contribution < 1.29 is 28.5 Å². The molecule has 1 N–H and O–H groups in total. The van der Waals surface area contributed by atoms with Crippen molar-refractivity contribution in [2.45, 2.75) is 210 Å². The summed E-state index contributed by atoms with van der Waals surface area (Å²) in [5.74, 6) is 9.14. The number of alkyl carbamates (subject to hydrolysis) is 1. The van der Waals surface area contributed by atoms with Crippen LogP contribution in [-0.4, -0.2) is 61.7 Å².